The normalized spacial score (nSPS) is 10.6. The van der Waals surface area contributed by atoms with Crippen LogP contribution in [0.2, 0.25) is 0 Å². The lowest BCUT2D eigenvalue weighted by atomic mass is 10.0. The molecule has 4 aromatic rings. The molecule has 0 aliphatic rings. The molecule has 0 aliphatic heterocycles. The van der Waals surface area contributed by atoms with Crippen LogP contribution < -0.4 is 0 Å². The molecule has 108 valence electrons. The van der Waals surface area contributed by atoms with Gasteiger partial charge in [0.1, 0.15) is 5.65 Å². The van der Waals surface area contributed by atoms with Gasteiger partial charge in [-0.2, -0.15) is 5.26 Å². The lowest BCUT2D eigenvalue weighted by molar-refractivity contribution is 1.19. The molecule has 3 heteroatoms. The molecule has 3 nitrogen and oxygen atoms in total. The zero-order valence-electron chi connectivity index (χ0n) is 12.3. The number of benzene rings is 2. The van der Waals surface area contributed by atoms with Gasteiger partial charge in [0.05, 0.1) is 23.0 Å². The van der Waals surface area contributed by atoms with Crippen molar-refractivity contribution in [3.05, 3.63) is 84.6 Å². The van der Waals surface area contributed by atoms with Crippen molar-refractivity contribution in [3.8, 4) is 28.6 Å². The molecule has 0 spiro atoms. The smallest absolute Gasteiger partial charge is 0.137 e. The standard InChI is InChI=1S/C20H13N3/c21-14-15-9-11-16(12-10-15)19-20(17-6-2-1-3-7-17)23-13-5-4-8-18(23)22-19/h1-13H. The van der Waals surface area contributed by atoms with Crippen LogP contribution in [-0.4, -0.2) is 9.38 Å². The van der Waals surface area contributed by atoms with Gasteiger partial charge in [0.15, 0.2) is 0 Å². The van der Waals surface area contributed by atoms with Crippen molar-refractivity contribution in [1.82, 2.24) is 9.38 Å². The van der Waals surface area contributed by atoms with Gasteiger partial charge in [0.2, 0.25) is 0 Å². The molecule has 4 rings (SSSR count). The Morgan fingerprint density at radius 2 is 1.52 bits per heavy atom. The number of nitrogens with zero attached hydrogens (tertiary/aromatic N) is 3. The molecule has 2 aromatic carbocycles. The highest BCUT2D eigenvalue weighted by molar-refractivity contribution is 5.82. The van der Waals surface area contributed by atoms with E-state index in [9.17, 15) is 0 Å². The molecule has 0 radical (unpaired) electrons. The van der Waals surface area contributed by atoms with Crippen LogP contribution in [0.15, 0.2) is 79.0 Å². The van der Waals surface area contributed by atoms with E-state index < -0.39 is 0 Å². The van der Waals surface area contributed by atoms with Gasteiger partial charge in [-0.3, -0.25) is 4.40 Å². The highest BCUT2D eigenvalue weighted by Gasteiger charge is 2.15. The minimum absolute atomic E-state index is 0.652. The summed E-state index contributed by atoms with van der Waals surface area (Å²) in [5.74, 6) is 0. The minimum atomic E-state index is 0.652. The Labute approximate surface area is 134 Å². The van der Waals surface area contributed by atoms with Crippen LogP contribution in [-0.2, 0) is 0 Å². The van der Waals surface area contributed by atoms with Crippen molar-refractivity contribution in [2.45, 2.75) is 0 Å². The molecular formula is C20H13N3. The quantitative estimate of drug-likeness (QED) is 0.544. The number of imidazole rings is 1. The van der Waals surface area contributed by atoms with Gasteiger partial charge in [-0.1, -0.05) is 48.5 Å². The lowest BCUT2D eigenvalue weighted by Crippen LogP contribution is -1.89. The Hall–Kier alpha value is -3.38. The van der Waals surface area contributed by atoms with Gasteiger partial charge < -0.3 is 0 Å². The molecule has 0 N–H and O–H groups in total. The van der Waals surface area contributed by atoms with E-state index in [-0.39, 0.29) is 0 Å². The van der Waals surface area contributed by atoms with E-state index in [0.717, 1.165) is 28.2 Å². The summed E-state index contributed by atoms with van der Waals surface area (Å²) < 4.78 is 2.10. The van der Waals surface area contributed by atoms with Crippen LogP contribution in [0.5, 0.6) is 0 Å². The summed E-state index contributed by atoms with van der Waals surface area (Å²) in [5, 5.41) is 8.98. The van der Waals surface area contributed by atoms with Gasteiger partial charge in [-0.05, 0) is 24.3 Å². The summed E-state index contributed by atoms with van der Waals surface area (Å²) in [7, 11) is 0. The van der Waals surface area contributed by atoms with E-state index in [0.29, 0.717) is 5.56 Å². The average molecular weight is 295 g/mol. The first-order chi connectivity index (χ1) is 11.4. The van der Waals surface area contributed by atoms with E-state index >= 15 is 0 Å². The fourth-order valence-corrected chi connectivity index (χ4v) is 2.77. The number of aromatic nitrogens is 2. The minimum Gasteiger partial charge on any atom is -0.299 e. The number of nitriles is 1. The van der Waals surface area contributed by atoms with Crippen LogP contribution >= 0.6 is 0 Å². The SMILES string of the molecule is N#Cc1ccc(-c2nc3ccccn3c2-c2ccccc2)cc1. The number of fused-ring (bicyclic) bond motifs is 1. The molecule has 23 heavy (non-hydrogen) atoms. The maximum atomic E-state index is 8.98. The first-order valence-corrected chi connectivity index (χ1v) is 7.40. The third kappa shape index (κ3) is 2.27. The van der Waals surface area contributed by atoms with Crippen LogP contribution in [0.25, 0.3) is 28.2 Å². The highest BCUT2D eigenvalue weighted by atomic mass is 15.0. The van der Waals surface area contributed by atoms with Crippen molar-refractivity contribution in [2.75, 3.05) is 0 Å². The van der Waals surface area contributed by atoms with Crippen molar-refractivity contribution in [2.24, 2.45) is 0 Å². The Bertz CT molecular complexity index is 1010. The summed E-state index contributed by atoms with van der Waals surface area (Å²) in [5.41, 5.74) is 5.67. The second-order valence-corrected chi connectivity index (χ2v) is 5.29. The van der Waals surface area contributed by atoms with E-state index in [1.165, 1.54) is 0 Å². The van der Waals surface area contributed by atoms with E-state index in [1.54, 1.807) is 0 Å². The summed E-state index contributed by atoms with van der Waals surface area (Å²) >= 11 is 0. The average Bonchev–Trinajstić information content (AvgIpc) is 3.02. The van der Waals surface area contributed by atoms with Crippen molar-refractivity contribution in [3.63, 3.8) is 0 Å². The molecular weight excluding hydrogens is 282 g/mol. The lowest BCUT2D eigenvalue weighted by Gasteiger charge is -2.05. The number of hydrogen-bond acceptors (Lipinski definition) is 2. The van der Waals surface area contributed by atoms with Crippen LogP contribution in [0, 0.1) is 11.3 Å². The van der Waals surface area contributed by atoms with E-state index in [1.807, 2.05) is 66.9 Å². The topological polar surface area (TPSA) is 41.1 Å². The third-order valence-corrected chi connectivity index (χ3v) is 3.86. The van der Waals surface area contributed by atoms with Crippen molar-refractivity contribution in [1.29, 1.82) is 5.26 Å². The first kappa shape index (κ1) is 13.3. The summed E-state index contributed by atoms with van der Waals surface area (Å²) in [6.07, 6.45) is 2.03. The monoisotopic (exact) mass is 295 g/mol. The number of rotatable bonds is 2. The Morgan fingerprint density at radius 1 is 0.783 bits per heavy atom. The Balaban J connectivity index is 2.00. The molecule has 0 saturated carbocycles. The summed E-state index contributed by atoms with van der Waals surface area (Å²) in [4.78, 5) is 4.79. The predicted molar refractivity (Wildman–Crippen MR) is 90.8 cm³/mol. The van der Waals surface area contributed by atoms with E-state index in [4.69, 9.17) is 10.2 Å². The van der Waals surface area contributed by atoms with Crippen LogP contribution in [0.4, 0.5) is 0 Å². The number of hydrogen-bond donors (Lipinski definition) is 0. The van der Waals surface area contributed by atoms with Crippen LogP contribution in [0.1, 0.15) is 5.56 Å². The molecule has 0 amide bonds. The zero-order valence-corrected chi connectivity index (χ0v) is 12.3. The van der Waals surface area contributed by atoms with Gasteiger partial charge in [0.25, 0.3) is 0 Å². The second kappa shape index (κ2) is 5.43. The van der Waals surface area contributed by atoms with Gasteiger partial charge in [-0.15, -0.1) is 0 Å². The molecule has 0 aliphatic carbocycles. The predicted octanol–water partition coefficient (Wildman–Crippen LogP) is 4.54. The molecule has 0 unspecified atom stereocenters. The molecule has 0 fully saturated rings. The van der Waals surface area contributed by atoms with Gasteiger partial charge in [0, 0.05) is 17.3 Å². The van der Waals surface area contributed by atoms with Gasteiger partial charge in [-0.25, -0.2) is 4.98 Å². The molecule has 0 bridgehead atoms. The third-order valence-electron chi connectivity index (χ3n) is 3.86. The molecule has 0 saturated heterocycles. The summed E-state index contributed by atoms with van der Waals surface area (Å²) in [6, 6.07) is 25.9. The highest BCUT2D eigenvalue weighted by Crippen LogP contribution is 2.32. The molecule has 2 aromatic heterocycles. The van der Waals surface area contributed by atoms with E-state index in [2.05, 4.69) is 22.6 Å². The Morgan fingerprint density at radius 3 is 2.26 bits per heavy atom. The van der Waals surface area contributed by atoms with Crippen molar-refractivity contribution < 1.29 is 0 Å². The maximum Gasteiger partial charge on any atom is 0.137 e. The Kier molecular flexibility index (Phi) is 3.14. The fourth-order valence-electron chi connectivity index (χ4n) is 2.77. The first-order valence-electron chi connectivity index (χ1n) is 7.40. The number of pyridine rings is 1. The van der Waals surface area contributed by atoms with Crippen LogP contribution in [0.3, 0.4) is 0 Å². The largest absolute Gasteiger partial charge is 0.299 e. The molecule has 0 atom stereocenters. The fraction of sp³-hybridized carbons (Fsp3) is 0. The molecule has 2 heterocycles. The maximum absolute atomic E-state index is 8.98. The van der Waals surface area contributed by atoms with Gasteiger partial charge >= 0.3 is 0 Å². The zero-order chi connectivity index (χ0) is 15.6. The van der Waals surface area contributed by atoms with Crippen molar-refractivity contribution >= 4 is 5.65 Å². The second-order valence-electron chi connectivity index (χ2n) is 5.29. The summed E-state index contributed by atoms with van der Waals surface area (Å²) in [6.45, 7) is 0.